The Kier molecular flexibility index (Phi) is 4.53. The maximum Gasteiger partial charge on any atom is 0.185 e. The topological polar surface area (TPSA) is 17.1 Å². The number of benzene rings is 2. The first-order chi connectivity index (χ1) is 9.19. The highest BCUT2D eigenvalue weighted by Crippen LogP contribution is 2.12. The molecule has 19 heavy (non-hydrogen) atoms. The van der Waals surface area contributed by atoms with Gasteiger partial charge in [0.1, 0.15) is 0 Å². The molecule has 0 saturated carbocycles. The van der Waals surface area contributed by atoms with Gasteiger partial charge in [0.15, 0.2) is 5.78 Å². The largest absolute Gasteiger partial charge is 0.289 e. The lowest BCUT2D eigenvalue weighted by atomic mass is 10.1. The summed E-state index contributed by atoms with van der Waals surface area (Å²) in [6.07, 6.45) is 4.37. The van der Waals surface area contributed by atoms with Gasteiger partial charge in [-0.05, 0) is 35.8 Å². The molecule has 0 aliphatic rings. The van der Waals surface area contributed by atoms with Crippen molar-refractivity contribution in [1.82, 2.24) is 0 Å². The smallest absolute Gasteiger partial charge is 0.185 e. The van der Waals surface area contributed by atoms with Crippen molar-refractivity contribution < 1.29 is 4.79 Å². The molecular formula is C17H15ClO. The van der Waals surface area contributed by atoms with Crippen molar-refractivity contribution in [1.29, 1.82) is 0 Å². The zero-order valence-electron chi connectivity index (χ0n) is 10.8. The van der Waals surface area contributed by atoms with Crippen molar-refractivity contribution in [2.75, 3.05) is 0 Å². The third-order valence-electron chi connectivity index (χ3n) is 2.94. The number of hydrogen-bond acceptors (Lipinski definition) is 1. The standard InChI is InChI=1S/C17H15ClO/c1-2-13-3-8-15(9-4-13)17(19)12-7-14-5-10-16(18)11-6-14/h3-12H,2H2,1H3. The summed E-state index contributed by atoms with van der Waals surface area (Å²) in [6, 6.07) is 15.1. The lowest BCUT2D eigenvalue weighted by molar-refractivity contribution is 0.104. The van der Waals surface area contributed by atoms with Gasteiger partial charge in [-0.1, -0.05) is 61.0 Å². The van der Waals surface area contributed by atoms with Gasteiger partial charge in [0.25, 0.3) is 0 Å². The van der Waals surface area contributed by atoms with E-state index in [2.05, 4.69) is 6.92 Å². The van der Waals surface area contributed by atoms with Crippen LogP contribution < -0.4 is 0 Å². The number of rotatable bonds is 4. The van der Waals surface area contributed by atoms with E-state index >= 15 is 0 Å². The SMILES string of the molecule is CCc1ccc(C(=O)C=Cc2ccc(Cl)cc2)cc1. The first kappa shape index (κ1) is 13.6. The molecule has 0 N–H and O–H groups in total. The van der Waals surface area contributed by atoms with Gasteiger partial charge in [0, 0.05) is 10.6 Å². The van der Waals surface area contributed by atoms with Gasteiger partial charge < -0.3 is 0 Å². The van der Waals surface area contributed by atoms with Gasteiger partial charge in [-0.15, -0.1) is 0 Å². The summed E-state index contributed by atoms with van der Waals surface area (Å²) in [6.45, 7) is 2.09. The van der Waals surface area contributed by atoms with E-state index in [1.807, 2.05) is 48.5 Å². The molecule has 0 amide bonds. The maximum absolute atomic E-state index is 12.0. The van der Waals surface area contributed by atoms with Crippen molar-refractivity contribution in [2.24, 2.45) is 0 Å². The zero-order chi connectivity index (χ0) is 13.7. The molecule has 0 radical (unpaired) electrons. The lowest BCUT2D eigenvalue weighted by Gasteiger charge is -1.99. The quantitative estimate of drug-likeness (QED) is 0.576. The summed E-state index contributed by atoms with van der Waals surface area (Å²) in [4.78, 5) is 12.0. The Hall–Kier alpha value is -1.86. The molecule has 2 aromatic carbocycles. The van der Waals surface area contributed by atoms with Crippen LogP contribution in [0.15, 0.2) is 54.6 Å². The van der Waals surface area contributed by atoms with E-state index in [4.69, 9.17) is 11.6 Å². The Morgan fingerprint density at radius 2 is 1.68 bits per heavy atom. The molecule has 0 heterocycles. The van der Waals surface area contributed by atoms with Crippen LogP contribution in [-0.2, 0) is 6.42 Å². The number of carbonyl (C=O) groups is 1. The first-order valence-corrected chi connectivity index (χ1v) is 6.64. The van der Waals surface area contributed by atoms with Crippen LogP contribution >= 0.6 is 11.6 Å². The molecule has 0 aliphatic carbocycles. The first-order valence-electron chi connectivity index (χ1n) is 6.26. The minimum Gasteiger partial charge on any atom is -0.289 e. The molecule has 2 heteroatoms. The molecule has 96 valence electrons. The van der Waals surface area contributed by atoms with Crippen LogP contribution in [0.2, 0.25) is 5.02 Å². The average molecular weight is 271 g/mol. The van der Waals surface area contributed by atoms with Crippen molar-refractivity contribution in [3.8, 4) is 0 Å². The zero-order valence-corrected chi connectivity index (χ0v) is 11.5. The molecule has 2 rings (SSSR count). The van der Waals surface area contributed by atoms with E-state index < -0.39 is 0 Å². The second-order valence-electron chi connectivity index (χ2n) is 4.30. The number of carbonyl (C=O) groups excluding carboxylic acids is 1. The molecule has 0 fully saturated rings. The molecule has 0 aliphatic heterocycles. The molecule has 0 spiro atoms. The number of hydrogen-bond donors (Lipinski definition) is 0. The van der Waals surface area contributed by atoms with Crippen molar-refractivity contribution in [3.63, 3.8) is 0 Å². The van der Waals surface area contributed by atoms with Crippen LogP contribution in [0.25, 0.3) is 6.08 Å². The van der Waals surface area contributed by atoms with Gasteiger partial charge in [0.05, 0.1) is 0 Å². The highest BCUT2D eigenvalue weighted by molar-refractivity contribution is 6.30. The Morgan fingerprint density at radius 1 is 1.05 bits per heavy atom. The summed E-state index contributed by atoms with van der Waals surface area (Å²) < 4.78 is 0. The molecule has 0 unspecified atom stereocenters. The third-order valence-corrected chi connectivity index (χ3v) is 3.20. The minimum atomic E-state index is 0.0117. The van der Waals surface area contributed by atoms with E-state index in [9.17, 15) is 4.79 Å². The number of halogens is 1. The Labute approximate surface area is 118 Å². The monoisotopic (exact) mass is 270 g/mol. The normalized spacial score (nSPS) is 10.8. The Morgan fingerprint density at radius 3 is 2.26 bits per heavy atom. The van der Waals surface area contributed by atoms with Crippen LogP contribution in [-0.4, -0.2) is 5.78 Å². The molecule has 2 aromatic rings. The van der Waals surface area contributed by atoms with Crippen molar-refractivity contribution >= 4 is 23.5 Å². The summed E-state index contributed by atoms with van der Waals surface area (Å²) in [5, 5.41) is 0.693. The minimum absolute atomic E-state index is 0.0117. The van der Waals surface area contributed by atoms with Gasteiger partial charge in [-0.25, -0.2) is 0 Å². The predicted molar refractivity (Wildman–Crippen MR) is 80.6 cm³/mol. The van der Waals surface area contributed by atoms with Crippen LogP contribution in [0.3, 0.4) is 0 Å². The van der Waals surface area contributed by atoms with E-state index in [-0.39, 0.29) is 5.78 Å². The summed E-state index contributed by atoms with van der Waals surface area (Å²) >= 11 is 5.81. The third kappa shape index (κ3) is 3.80. The summed E-state index contributed by atoms with van der Waals surface area (Å²) in [7, 11) is 0. The van der Waals surface area contributed by atoms with Crippen LogP contribution in [0.1, 0.15) is 28.4 Å². The molecular weight excluding hydrogens is 256 g/mol. The predicted octanol–water partition coefficient (Wildman–Crippen LogP) is 4.80. The fourth-order valence-electron chi connectivity index (χ4n) is 1.75. The van der Waals surface area contributed by atoms with E-state index in [0.717, 1.165) is 12.0 Å². The van der Waals surface area contributed by atoms with Gasteiger partial charge in [-0.2, -0.15) is 0 Å². The van der Waals surface area contributed by atoms with E-state index in [1.165, 1.54) is 5.56 Å². The van der Waals surface area contributed by atoms with E-state index in [1.54, 1.807) is 12.2 Å². The van der Waals surface area contributed by atoms with Crippen LogP contribution in [0, 0.1) is 0 Å². The molecule has 0 saturated heterocycles. The van der Waals surface area contributed by atoms with Crippen molar-refractivity contribution in [3.05, 3.63) is 76.3 Å². The maximum atomic E-state index is 12.0. The van der Waals surface area contributed by atoms with Gasteiger partial charge in [-0.3, -0.25) is 4.79 Å². The Balaban J connectivity index is 2.09. The highest BCUT2D eigenvalue weighted by Gasteiger charge is 2.01. The molecule has 1 nitrogen and oxygen atoms in total. The van der Waals surface area contributed by atoms with Gasteiger partial charge in [0.2, 0.25) is 0 Å². The highest BCUT2D eigenvalue weighted by atomic mass is 35.5. The fourth-order valence-corrected chi connectivity index (χ4v) is 1.87. The number of ketones is 1. The van der Waals surface area contributed by atoms with Crippen LogP contribution in [0.4, 0.5) is 0 Å². The van der Waals surface area contributed by atoms with Gasteiger partial charge >= 0.3 is 0 Å². The molecule has 0 atom stereocenters. The summed E-state index contributed by atoms with van der Waals surface area (Å²) in [5.74, 6) is 0.0117. The number of aryl methyl sites for hydroxylation is 1. The second kappa shape index (κ2) is 6.35. The van der Waals surface area contributed by atoms with Crippen LogP contribution in [0.5, 0.6) is 0 Å². The molecule has 0 bridgehead atoms. The second-order valence-corrected chi connectivity index (χ2v) is 4.74. The average Bonchev–Trinajstić information content (AvgIpc) is 2.46. The number of allylic oxidation sites excluding steroid dienone is 1. The van der Waals surface area contributed by atoms with Crippen molar-refractivity contribution in [2.45, 2.75) is 13.3 Å². The summed E-state index contributed by atoms with van der Waals surface area (Å²) in [5.41, 5.74) is 2.91. The Bertz CT molecular complexity index is 580. The lowest BCUT2D eigenvalue weighted by Crippen LogP contribution is -1.94. The molecule has 0 aromatic heterocycles. The van der Waals surface area contributed by atoms with E-state index in [0.29, 0.717) is 10.6 Å². The fraction of sp³-hybridized carbons (Fsp3) is 0.118.